The van der Waals surface area contributed by atoms with Crippen LogP contribution in [0.5, 0.6) is 11.5 Å². The maximum atomic E-state index is 12.9. The normalized spacial score (nSPS) is 19.6. The van der Waals surface area contributed by atoms with Crippen LogP contribution in [0, 0.1) is 0 Å². The number of carbonyl (C=O) groups excluding carboxylic acids is 2. The molecule has 1 aromatic rings. The molecular formula is C18H26N2O6. The predicted octanol–water partition coefficient (Wildman–Crippen LogP) is 0.491. The molecule has 8 nitrogen and oxygen atoms in total. The van der Waals surface area contributed by atoms with Gasteiger partial charge < -0.3 is 29.5 Å². The van der Waals surface area contributed by atoms with Gasteiger partial charge >= 0.3 is 0 Å². The number of aliphatic hydroxyl groups is 1. The third-order valence-corrected chi connectivity index (χ3v) is 4.20. The van der Waals surface area contributed by atoms with E-state index in [4.69, 9.17) is 14.2 Å². The molecule has 8 heteroatoms. The molecule has 144 valence electrons. The number of carbonyl (C=O) groups is 2. The van der Waals surface area contributed by atoms with E-state index in [-0.39, 0.29) is 31.6 Å². The van der Waals surface area contributed by atoms with Crippen LogP contribution in [0.1, 0.15) is 24.9 Å². The molecule has 0 spiro atoms. The molecule has 0 aliphatic carbocycles. The van der Waals surface area contributed by atoms with Crippen LogP contribution in [0.25, 0.3) is 0 Å². The molecule has 0 radical (unpaired) electrons. The molecule has 2 atom stereocenters. The van der Waals surface area contributed by atoms with Crippen molar-refractivity contribution < 1.29 is 28.9 Å². The van der Waals surface area contributed by atoms with Crippen LogP contribution in [0.4, 0.5) is 0 Å². The van der Waals surface area contributed by atoms with Crippen molar-refractivity contribution in [2.45, 2.75) is 25.5 Å². The maximum absolute atomic E-state index is 12.9. The fraction of sp³-hybridized carbons (Fsp3) is 0.556. The molecule has 1 fully saturated rings. The topological polar surface area (TPSA) is 97.3 Å². The van der Waals surface area contributed by atoms with E-state index in [1.54, 1.807) is 23.1 Å². The third kappa shape index (κ3) is 4.44. The number of benzene rings is 1. The molecule has 0 aromatic heterocycles. The molecule has 2 N–H and O–H groups in total. The van der Waals surface area contributed by atoms with Gasteiger partial charge in [-0.3, -0.25) is 9.59 Å². The molecule has 0 unspecified atom stereocenters. The quantitative estimate of drug-likeness (QED) is 0.695. The van der Waals surface area contributed by atoms with Gasteiger partial charge in [0.1, 0.15) is 6.61 Å². The lowest BCUT2D eigenvalue weighted by Gasteiger charge is -2.35. The van der Waals surface area contributed by atoms with Crippen LogP contribution >= 0.6 is 0 Å². The average molecular weight is 366 g/mol. The highest BCUT2D eigenvalue weighted by Crippen LogP contribution is 2.32. The van der Waals surface area contributed by atoms with Crippen molar-refractivity contribution in [1.29, 1.82) is 0 Å². The minimum atomic E-state index is -0.871. The number of ether oxygens (including phenoxy) is 3. The van der Waals surface area contributed by atoms with Gasteiger partial charge in [0.15, 0.2) is 17.6 Å². The van der Waals surface area contributed by atoms with Gasteiger partial charge in [0.25, 0.3) is 5.91 Å². The lowest BCUT2D eigenvalue weighted by Crippen LogP contribution is -2.53. The number of hydrogen-bond acceptors (Lipinski definition) is 6. The first-order valence-electron chi connectivity index (χ1n) is 8.58. The number of aliphatic hydroxyl groups excluding tert-OH is 1. The number of hydrogen-bond donors (Lipinski definition) is 2. The molecule has 1 aliphatic rings. The lowest BCUT2D eigenvalue weighted by molar-refractivity contribution is -0.155. The molecule has 2 rings (SSSR count). The Morgan fingerprint density at radius 3 is 2.65 bits per heavy atom. The Hall–Kier alpha value is -2.32. The highest BCUT2D eigenvalue weighted by molar-refractivity contribution is 5.86. The van der Waals surface area contributed by atoms with Crippen molar-refractivity contribution in [3.8, 4) is 11.5 Å². The zero-order valence-electron chi connectivity index (χ0n) is 15.4. The molecule has 1 aliphatic heterocycles. The Balaban J connectivity index is 2.32. The summed E-state index contributed by atoms with van der Waals surface area (Å²) in [4.78, 5) is 26.3. The smallest absolute Gasteiger partial charge is 0.254 e. The first-order valence-corrected chi connectivity index (χ1v) is 8.58. The number of morpholine rings is 1. The number of nitrogens with one attached hydrogen (secondary N) is 1. The third-order valence-electron chi connectivity index (χ3n) is 4.20. The molecular weight excluding hydrogens is 340 g/mol. The monoisotopic (exact) mass is 366 g/mol. The zero-order chi connectivity index (χ0) is 19.1. The second-order valence-electron chi connectivity index (χ2n) is 5.94. The summed E-state index contributed by atoms with van der Waals surface area (Å²) in [5.41, 5.74) is 0.675. The predicted molar refractivity (Wildman–Crippen MR) is 94.1 cm³/mol. The Morgan fingerprint density at radius 2 is 2.04 bits per heavy atom. The van der Waals surface area contributed by atoms with Gasteiger partial charge in [-0.15, -0.1) is 0 Å². The van der Waals surface area contributed by atoms with Gasteiger partial charge in [0, 0.05) is 13.1 Å². The van der Waals surface area contributed by atoms with E-state index in [0.29, 0.717) is 23.6 Å². The number of methoxy groups -OCH3 is 2. The number of rotatable bonds is 8. The van der Waals surface area contributed by atoms with Crippen molar-refractivity contribution in [2.24, 2.45) is 0 Å². The van der Waals surface area contributed by atoms with Crippen LogP contribution in [-0.4, -0.2) is 68.4 Å². The molecule has 0 saturated carbocycles. The van der Waals surface area contributed by atoms with Crippen molar-refractivity contribution in [3.05, 3.63) is 23.8 Å². The summed E-state index contributed by atoms with van der Waals surface area (Å²) in [6.07, 6.45) is -0.116. The van der Waals surface area contributed by atoms with E-state index in [1.165, 1.54) is 14.2 Å². The first-order chi connectivity index (χ1) is 12.5. The fourth-order valence-electron chi connectivity index (χ4n) is 2.97. The molecule has 2 amide bonds. The SMILES string of the molecule is CCCN(CCO)C(=O)[C@H]1OCC(=O)N[C@@H]1c1ccc(OC)c(OC)c1. The largest absolute Gasteiger partial charge is 0.493 e. The van der Waals surface area contributed by atoms with Crippen LogP contribution in [0.15, 0.2) is 18.2 Å². The van der Waals surface area contributed by atoms with E-state index >= 15 is 0 Å². The molecule has 1 saturated heterocycles. The molecule has 1 heterocycles. The Kier molecular flexibility index (Phi) is 7.23. The maximum Gasteiger partial charge on any atom is 0.254 e. The lowest BCUT2D eigenvalue weighted by atomic mass is 9.98. The van der Waals surface area contributed by atoms with Crippen LogP contribution in [0.3, 0.4) is 0 Å². The standard InChI is InChI=1S/C18H26N2O6/c1-4-7-20(8-9-21)18(23)17-16(19-15(22)11-26-17)12-5-6-13(24-2)14(10-12)25-3/h5-6,10,16-17,21H,4,7-9,11H2,1-3H3,(H,19,22)/t16-,17+/m1/s1. The van der Waals surface area contributed by atoms with E-state index in [2.05, 4.69) is 5.32 Å². The summed E-state index contributed by atoms with van der Waals surface area (Å²) in [5.74, 6) is 0.491. The highest BCUT2D eigenvalue weighted by atomic mass is 16.5. The van der Waals surface area contributed by atoms with E-state index < -0.39 is 12.1 Å². The fourth-order valence-corrected chi connectivity index (χ4v) is 2.97. The van der Waals surface area contributed by atoms with Crippen molar-refractivity contribution >= 4 is 11.8 Å². The van der Waals surface area contributed by atoms with Gasteiger partial charge in [-0.2, -0.15) is 0 Å². The summed E-state index contributed by atoms with van der Waals surface area (Å²) in [7, 11) is 3.05. The highest BCUT2D eigenvalue weighted by Gasteiger charge is 2.38. The summed E-state index contributed by atoms with van der Waals surface area (Å²) in [6.45, 7) is 2.36. The van der Waals surface area contributed by atoms with Crippen molar-refractivity contribution in [1.82, 2.24) is 10.2 Å². The van der Waals surface area contributed by atoms with Crippen LogP contribution in [-0.2, 0) is 14.3 Å². The van der Waals surface area contributed by atoms with Gasteiger partial charge in [-0.05, 0) is 24.1 Å². The summed E-state index contributed by atoms with van der Waals surface area (Å²) < 4.78 is 16.1. The van der Waals surface area contributed by atoms with Crippen LogP contribution < -0.4 is 14.8 Å². The minimum Gasteiger partial charge on any atom is -0.493 e. The van der Waals surface area contributed by atoms with Gasteiger partial charge in [-0.25, -0.2) is 0 Å². The minimum absolute atomic E-state index is 0.133. The van der Waals surface area contributed by atoms with Gasteiger partial charge in [-0.1, -0.05) is 13.0 Å². The summed E-state index contributed by atoms with van der Waals surface area (Å²) >= 11 is 0. The first kappa shape index (κ1) is 20.0. The molecule has 0 bridgehead atoms. The zero-order valence-corrected chi connectivity index (χ0v) is 15.4. The summed E-state index contributed by atoms with van der Waals surface area (Å²) in [5, 5.41) is 12.0. The molecule has 26 heavy (non-hydrogen) atoms. The summed E-state index contributed by atoms with van der Waals surface area (Å²) in [6, 6.07) is 4.54. The van der Waals surface area contributed by atoms with Gasteiger partial charge in [0.05, 0.1) is 26.9 Å². The van der Waals surface area contributed by atoms with E-state index in [0.717, 1.165) is 6.42 Å². The van der Waals surface area contributed by atoms with E-state index in [1.807, 2.05) is 6.92 Å². The Labute approximate surface area is 153 Å². The molecule has 1 aromatic carbocycles. The van der Waals surface area contributed by atoms with Crippen molar-refractivity contribution in [2.75, 3.05) is 40.5 Å². The Bertz CT molecular complexity index is 630. The average Bonchev–Trinajstić information content (AvgIpc) is 2.66. The second-order valence-corrected chi connectivity index (χ2v) is 5.94. The second kappa shape index (κ2) is 9.40. The Morgan fingerprint density at radius 1 is 1.31 bits per heavy atom. The number of amides is 2. The van der Waals surface area contributed by atoms with E-state index in [9.17, 15) is 14.7 Å². The number of nitrogens with zero attached hydrogens (tertiary/aromatic N) is 1. The van der Waals surface area contributed by atoms with Crippen molar-refractivity contribution in [3.63, 3.8) is 0 Å². The van der Waals surface area contributed by atoms with Gasteiger partial charge in [0.2, 0.25) is 5.91 Å². The van der Waals surface area contributed by atoms with Crippen LogP contribution in [0.2, 0.25) is 0 Å².